The predicted molar refractivity (Wildman–Crippen MR) is 61.5 cm³/mol. The molecule has 4 nitrogen and oxygen atoms in total. The molecular weight excluding hydrogens is 190 g/mol. The summed E-state index contributed by atoms with van der Waals surface area (Å²) in [6, 6.07) is -0.360. The molecule has 15 heavy (non-hydrogen) atoms. The second-order valence-corrected chi connectivity index (χ2v) is 4.81. The molecule has 2 N–H and O–H groups in total. The Labute approximate surface area is 92.4 Å². The monoisotopic (exact) mass is 213 g/mol. The van der Waals surface area contributed by atoms with Gasteiger partial charge in [-0.15, -0.1) is 0 Å². The molecule has 1 saturated heterocycles. The van der Waals surface area contributed by atoms with Gasteiger partial charge in [-0.1, -0.05) is 13.8 Å². The van der Waals surface area contributed by atoms with Crippen LogP contribution in [0.25, 0.3) is 0 Å². The highest BCUT2D eigenvalue weighted by Crippen LogP contribution is 2.06. The lowest BCUT2D eigenvalue weighted by Crippen LogP contribution is -2.52. The summed E-state index contributed by atoms with van der Waals surface area (Å²) in [7, 11) is 0. The molecule has 1 atom stereocenters. The maximum atomic E-state index is 11.6. The minimum atomic E-state index is -0.360. The van der Waals surface area contributed by atoms with E-state index < -0.39 is 0 Å². The van der Waals surface area contributed by atoms with E-state index in [-0.39, 0.29) is 11.9 Å². The van der Waals surface area contributed by atoms with E-state index in [4.69, 9.17) is 5.73 Å². The van der Waals surface area contributed by atoms with Crippen molar-refractivity contribution < 1.29 is 4.79 Å². The van der Waals surface area contributed by atoms with Gasteiger partial charge in [-0.3, -0.25) is 9.69 Å². The zero-order valence-electron chi connectivity index (χ0n) is 10.1. The van der Waals surface area contributed by atoms with Crippen LogP contribution in [0.4, 0.5) is 0 Å². The number of carbonyl (C=O) groups excluding carboxylic acids is 1. The summed E-state index contributed by atoms with van der Waals surface area (Å²) in [6.45, 7) is 10.9. The van der Waals surface area contributed by atoms with E-state index in [9.17, 15) is 4.79 Å². The lowest BCUT2D eigenvalue weighted by atomic mass is 10.2. The molecule has 0 aromatic carbocycles. The molecule has 0 bridgehead atoms. The fourth-order valence-electron chi connectivity index (χ4n) is 1.96. The fraction of sp³-hybridized carbons (Fsp3) is 0.909. The van der Waals surface area contributed by atoms with E-state index in [0.717, 1.165) is 32.7 Å². The van der Waals surface area contributed by atoms with Crippen LogP contribution in [-0.4, -0.2) is 54.5 Å². The Morgan fingerprint density at radius 3 is 2.13 bits per heavy atom. The van der Waals surface area contributed by atoms with Gasteiger partial charge in [0.15, 0.2) is 0 Å². The molecule has 1 rings (SSSR count). The number of hydrogen-bond donors (Lipinski definition) is 1. The third kappa shape index (κ3) is 3.80. The molecule has 0 spiro atoms. The zero-order chi connectivity index (χ0) is 11.4. The van der Waals surface area contributed by atoms with Gasteiger partial charge < -0.3 is 10.6 Å². The van der Waals surface area contributed by atoms with Crippen LogP contribution in [0, 0.1) is 5.92 Å². The van der Waals surface area contributed by atoms with Gasteiger partial charge in [0.1, 0.15) is 0 Å². The van der Waals surface area contributed by atoms with Crippen LogP contribution >= 0.6 is 0 Å². The van der Waals surface area contributed by atoms with E-state index in [0.29, 0.717) is 5.92 Å². The minimum Gasteiger partial charge on any atom is -0.339 e. The van der Waals surface area contributed by atoms with Crippen LogP contribution in [0.3, 0.4) is 0 Å². The quantitative estimate of drug-likeness (QED) is 0.725. The Morgan fingerprint density at radius 2 is 1.73 bits per heavy atom. The Kier molecular flexibility index (Phi) is 4.54. The topological polar surface area (TPSA) is 49.6 Å². The SMILES string of the molecule is CC(C)CN1CCN(C(=O)[C@H](C)N)CC1. The van der Waals surface area contributed by atoms with Crippen molar-refractivity contribution in [1.82, 2.24) is 9.80 Å². The summed E-state index contributed by atoms with van der Waals surface area (Å²) in [5.74, 6) is 0.778. The first-order valence-corrected chi connectivity index (χ1v) is 5.77. The summed E-state index contributed by atoms with van der Waals surface area (Å²) in [5, 5.41) is 0. The maximum Gasteiger partial charge on any atom is 0.239 e. The summed E-state index contributed by atoms with van der Waals surface area (Å²) in [4.78, 5) is 15.9. The molecule has 88 valence electrons. The third-order valence-electron chi connectivity index (χ3n) is 2.70. The third-order valence-corrected chi connectivity index (χ3v) is 2.70. The Bertz CT molecular complexity index is 208. The molecule has 0 saturated carbocycles. The van der Waals surface area contributed by atoms with Crippen LogP contribution in [0.15, 0.2) is 0 Å². The number of hydrogen-bond acceptors (Lipinski definition) is 3. The van der Waals surface area contributed by atoms with E-state index in [1.807, 2.05) is 4.90 Å². The molecule has 0 aromatic rings. The van der Waals surface area contributed by atoms with Crippen molar-refractivity contribution in [1.29, 1.82) is 0 Å². The lowest BCUT2D eigenvalue weighted by Gasteiger charge is -2.36. The summed E-state index contributed by atoms with van der Waals surface area (Å²) in [6.07, 6.45) is 0. The maximum absolute atomic E-state index is 11.6. The van der Waals surface area contributed by atoms with E-state index in [1.54, 1.807) is 6.92 Å². The van der Waals surface area contributed by atoms with Crippen molar-refractivity contribution in [2.75, 3.05) is 32.7 Å². The van der Waals surface area contributed by atoms with E-state index in [2.05, 4.69) is 18.7 Å². The normalized spacial score (nSPS) is 20.7. The van der Waals surface area contributed by atoms with Gasteiger partial charge in [0.2, 0.25) is 5.91 Å². The highest BCUT2D eigenvalue weighted by molar-refractivity contribution is 5.81. The summed E-state index contributed by atoms with van der Waals surface area (Å²) < 4.78 is 0. The molecule has 0 radical (unpaired) electrons. The molecule has 4 heteroatoms. The van der Waals surface area contributed by atoms with Crippen molar-refractivity contribution in [3.63, 3.8) is 0 Å². The number of nitrogens with zero attached hydrogens (tertiary/aromatic N) is 2. The highest BCUT2D eigenvalue weighted by atomic mass is 16.2. The van der Waals surface area contributed by atoms with Gasteiger partial charge in [-0.05, 0) is 12.8 Å². The molecule has 1 heterocycles. The van der Waals surface area contributed by atoms with Gasteiger partial charge in [0.05, 0.1) is 6.04 Å². The molecule has 1 aliphatic rings. The van der Waals surface area contributed by atoms with Crippen molar-refractivity contribution in [2.24, 2.45) is 11.7 Å². The van der Waals surface area contributed by atoms with Gasteiger partial charge in [0.25, 0.3) is 0 Å². The molecule has 1 amide bonds. The van der Waals surface area contributed by atoms with Gasteiger partial charge in [-0.25, -0.2) is 0 Å². The standard InChI is InChI=1S/C11H23N3O/c1-9(2)8-13-4-6-14(7-5-13)11(15)10(3)12/h9-10H,4-8,12H2,1-3H3/t10-/m0/s1. The van der Waals surface area contributed by atoms with Gasteiger partial charge in [-0.2, -0.15) is 0 Å². The Morgan fingerprint density at radius 1 is 1.20 bits per heavy atom. The molecular formula is C11H23N3O. The van der Waals surface area contributed by atoms with Crippen LogP contribution in [-0.2, 0) is 4.79 Å². The first-order chi connectivity index (χ1) is 7.00. The van der Waals surface area contributed by atoms with Crippen molar-refractivity contribution >= 4 is 5.91 Å². The Balaban J connectivity index is 2.32. The second kappa shape index (κ2) is 5.47. The average Bonchev–Trinajstić information content (AvgIpc) is 2.17. The van der Waals surface area contributed by atoms with Crippen LogP contribution < -0.4 is 5.73 Å². The van der Waals surface area contributed by atoms with Crippen molar-refractivity contribution in [3.8, 4) is 0 Å². The lowest BCUT2D eigenvalue weighted by molar-refractivity contribution is -0.134. The smallest absolute Gasteiger partial charge is 0.239 e. The summed E-state index contributed by atoms with van der Waals surface area (Å²) >= 11 is 0. The van der Waals surface area contributed by atoms with Crippen molar-refractivity contribution in [2.45, 2.75) is 26.8 Å². The molecule has 1 fully saturated rings. The van der Waals surface area contributed by atoms with Gasteiger partial charge >= 0.3 is 0 Å². The minimum absolute atomic E-state index is 0.0826. The van der Waals surface area contributed by atoms with Crippen LogP contribution in [0.1, 0.15) is 20.8 Å². The first kappa shape index (κ1) is 12.5. The number of rotatable bonds is 3. The number of carbonyl (C=O) groups is 1. The average molecular weight is 213 g/mol. The first-order valence-electron chi connectivity index (χ1n) is 5.77. The molecule has 0 aliphatic carbocycles. The zero-order valence-corrected chi connectivity index (χ0v) is 10.1. The molecule has 1 aliphatic heterocycles. The van der Waals surface area contributed by atoms with E-state index >= 15 is 0 Å². The van der Waals surface area contributed by atoms with Crippen LogP contribution in [0.5, 0.6) is 0 Å². The number of nitrogens with two attached hydrogens (primary N) is 1. The van der Waals surface area contributed by atoms with Crippen LogP contribution in [0.2, 0.25) is 0 Å². The highest BCUT2D eigenvalue weighted by Gasteiger charge is 2.22. The number of piperazine rings is 1. The second-order valence-electron chi connectivity index (χ2n) is 4.81. The molecule has 0 unspecified atom stereocenters. The predicted octanol–water partition coefficient (Wildman–Crippen LogP) is 0.134. The fourth-order valence-corrected chi connectivity index (χ4v) is 1.96. The molecule has 0 aromatic heterocycles. The number of amides is 1. The van der Waals surface area contributed by atoms with Gasteiger partial charge in [0, 0.05) is 32.7 Å². The summed E-state index contributed by atoms with van der Waals surface area (Å²) in [5.41, 5.74) is 5.58. The largest absolute Gasteiger partial charge is 0.339 e. The van der Waals surface area contributed by atoms with Crippen molar-refractivity contribution in [3.05, 3.63) is 0 Å². The van der Waals surface area contributed by atoms with E-state index in [1.165, 1.54) is 0 Å². The Hall–Kier alpha value is -0.610.